The largest absolute Gasteiger partial charge is 0.416 e. The Kier molecular flexibility index (Phi) is 7.65. The Labute approximate surface area is 184 Å². The molecule has 10 heteroatoms. The Balaban J connectivity index is 1.55. The Hall–Kier alpha value is -2.75. The van der Waals surface area contributed by atoms with E-state index < -0.39 is 17.6 Å². The average Bonchev–Trinajstić information content (AvgIpc) is 2.73. The molecule has 6 nitrogen and oxygen atoms in total. The standard InChI is InChI=1S/C22H27F4N5O/c1-15(2)7-8-27-21(32)19-5-6-20(29-28-19)31-11-9-30(10-12-31)14-16-13-17(23)3-4-18(16)22(24,25)26/h3-6,13,15H,7-12,14H2,1-2H3,(H,27,32). The second kappa shape index (κ2) is 10.2. The van der Waals surface area contributed by atoms with Crippen LogP contribution in [-0.4, -0.2) is 53.7 Å². The van der Waals surface area contributed by atoms with Crippen molar-refractivity contribution in [2.24, 2.45) is 5.92 Å². The van der Waals surface area contributed by atoms with Crippen LogP contribution in [0, 0.1) is 11.7 Å². The summed E-state index contributed by atoms with van der Waals surface area (Å²) in [5.74, 6) is 0.133. The quantitative estimate of drug-likeness (QED) is 0.648. The van der Waals surface area contributed by atoms with Crippen LogP contribution in [-0.2, 0) is 12.7 Å². The van der Waals surface area contributed by atoms with Crippen molar-refractivity contribution in [1.82, 2.24) is 20.4 Å². The van der Waals surface area contributed by atoms with E-state index in [0.717, 1.165) is 24.6 Å². The number of anilines is 1. The van der Waals surface area contributed by atoms with Gasteiger partial charge in [-0.1, -0.05) is 13.8 Å². The number of amides is 1. The fourth-order valence-corrected chi connectivity index (χ4v) is 3.53. The lowest BCUT2D eigenvalue weighted by Gasteiger charge is -2.35. The van der Waals surface area contributed by atoms with Crippen molar-refractivity contribution in [3.63, 3.8) is 0 Å². The highest BCUT2D eigenvalue weighted by atomic mass is 19.4. The van der Waals surface area contributed by atoms with Gasteiger partial charge in [0, 0.05) is 39.3 Å². The molecular formula is C22H27F4N5O. The molecule has 1 aliphatic heterocycles. The predicted octanol–water partition coefficient (Wildman–Crippen LogP) is 3.73. The Morgan fingerprint density at radius 1 is 1.09 bits per heavy atom. The zero-order valence-electron chi connectivity index (χ0n) is 18.1. The Bertz CT molecular complexity index is 910. The molecule has 1 fully saturated rings. The zero-order valence-corrected chi connectivity index (χ0v) is 18.1. The molecule has 3 rings (SSSR count). The molecule has 1 aromatic carbocycles. The fraction of sp³-hybridized carbons (Fsp3) is 0.500. The van der Waals surface area contributed by atoms with Crippen LogP contribution in [0.4, 0.5) is 23.4 Å². The maximum Gasteiger partial charge on any atom is 0.416 e. The number of aromatic nitrogens is 2. The van der Waals surface area contributed by atoms with Gasteiger partial charge in [-0.2, -0.15) is 13.2 Å². The van der Waals surface area contributed by atoms with E-state index in [-0.39, 0.29) is 23.7 Å². The minimum atomic E-state index is -4.52. The van der Waals surface area contributed by atoms with Crippen LogP contribution < -0.4 is 10.2 Å². The van der Waals surface area contributed by atoms with Crippen LogP contribution in [0.1, 0.15) is 41.9 Å². The summed E-state index contributed by atoms with van der Waals surface area (Å²) in [6.07, 6.45) is -3.65. The molecule has 0 bridgehead atoms. The predicted molar refractivity (Wildman–Crippen MR) is 113 cm³/mol. The summed E-state index contributed by atoms with van der Waals surface area (Å²) in [6, 6.07) is 5.90. The number of carbonyl (C=O) groups excluding carboxylic acids is 1. The van der Waals surface area contributed by atoms with E-state index in [9.17, 15) is 22.4 Å². The number of nitrogens with zero attached hydrogens (tertiary/aromatic N) is 4. The van der Waals surface area contributed by atoms with Gasteiger partial charge in [0.1, 0.15) is 5.82 Å². The van der Waals surface area contributed by atoms with E-state index in [0.29, 0.717) is 44.5 Å². The van der Waals surface area contributed by atoms with Crippen LogP contribution in [0.5, 0.6) is 0 Å². The number of benzene rings is 1. The van der Waals surface area contributed by atoms with Crippen molar-refractivity contribution in [3.8, 4) is 0 Å². The molecule has 1 saturated heterocycles. The van der Waals surface area contributed by atoms with Crippen LogP contribution in [0.2, 0.25) is 0 Å². The maximum absolute atomic E-state index is 13.5. The first-order valence-electron chi connectivity index (χ1n) is 10.6. The van der Waals surface area contributed by atoms with Crippen molar-refractivity contribution in [2.75, 3.05) is 37.6 Å². The highest BCUT2D eigenvalue weighted by Gasteiger charge is 2.34. The molecule has 1 aromatic heterocycles. The molecule has 174 valence electrons. The van der Waals surface area contributed by atoms with Gasteiger partial charge in [0.15, 0.2) is 11.5 Å². The number of rotatable bonds is 7. The number of piperazine rings is 1. The van der Waals surface area contributed by atoms with E-state index in [1.807, 2.05) is 9.80 Å². The molecular weight excluding hydrogens is 426 g/mol. The molecule has 1 amide bonds. The lowest BCUT2D eigenvalue weighted by molar-refractivity contribution is -0.138. The Morgan fingerprint density at radius 3 is 2.41 bits per heavy atom. The molecule has 1 N–H and O–H groups in total. The Morgan fingerprint density at radius 2 is 1.81 bits per heavy atom. The number of hydrogen-bond donors (Lipinski definition) is 1. The molecule has 0 aliphatic carbocycles. The summed E-state index contributed by atoms with van der Waals surface area (Å²) in [6.45, 7) is 6.79. The number of nitrogens with one attached hydrogen (secondary N) is 1. The van der Waals surface area contributed by atoms with Gasteiger partial charge in [-0.25, -0.2) is 4.39 Å². The van der Waals surface area contributed by atoms with Gasteiger partial charge in [0.05, 0.1) is 5.56 Å². The van der Waals surface area contributed by atoms with Gasteiger partial charge < -0.3 is 10.2 Å². The zero-order chi connectivity index (χ0) is 23.3. The van der Waals surface area contributed by atoms with Gasteiger partial charge >= 0.3 is 6.18 Å². The van der Waals surface area contributed by atoms with Crippen molar-refractivity contribution >= 4 is 11.7 Å². The summed E-state index contributed by atoms with van der Waals surface area (Å²) in [4.78, 5) is 15.9. The van der Waals surface area contributed by atoms with Crippen LogP contribution in [0.15, 0.2) is 30.3 Å². The minimum Gasteiger partial charge on any atom is -0.353 e. The summed E-state index contributed by atoms with van der Waals surface area (Å²) in [5.41, 5.74) is -0.644. The smallest absolute Gasteiger partial charge is 0.353 e. The lowest BCUT2D eigenvalue weighted by Crippen LogP contribution is -2.46. The first-order chi connectivity index (χ1) is 15.1. The summed E-state index contributed by atoms with van der Waals surface area (Å²) < 4.78 is 53.2. The number of hydrogen-bond acceptors (Lipinski definition) is 5. The topological polar surface area (TPSA) is 61.4 Å². The first-order valence-corrected chi connectivity index (χ1v) is 10.6. The van der Waals surface area contributed by atoms with E-state index in [2.05, 4.69) is 29.4 Å². The minimum absolute atomic E-state index is 0.0155. The van der Waals surface area contributed by atoms with Gasteiger partial charge in [-0.05, 0) is 48.2 Å². The number of halogens is 4. The lowest BCUT2D eigenvalue weighted by atomic mass is 10.1. The SMILES string of the molecule is CC(C)CCNC(=O)c1ccc(N2CCN(Cc3cc(F)ccc3C(F)(F)F)CC2)nn1. The number of alkyl halides is 3. The van der Waals surface area contributed by atoms with Crippen molar-refractivity contribution < 1.29 is 22.4 Å². The normalized spacial score (nSPS) is 15.3. The van der Waals surface area contributed by atoms with Crippen LogP contribution in [0.25, 0.3) is 0 Å². The highest BCUT2D eigenvalue weighted by molar-refractivity contribution is 5.92. The second-order valence-electron chi connectivity index (χ2n) is 8.28. The van der Waals surface area contributed by atoms with Gasteiger partial charge in [0.25, 0.3) is 5.91 Å². The van der Waals surface area contributed by atoms with Gasteiger partial charge in [-0.15, -0.1) is 10.2 Å². The first kappa shape index (κ1) is 23.9. The monoisotopic (exact) mass is 453 g/mol. The maximum atomic E-state index is 13.5. The number of carbonyl (C=O) groups is 1. The van der Waals surface area contributed by atoms with Gasteiger partial charge in [0.2, 0.25) is 0 Å². The van der Waals surface area contributed by atoms with Crippen molar-refractivity contribution in [3.05, 3.63) is 53.0 Å². The molecule has 0 radical (unpaired) electrons. The van der Waals surface area contributed by atoms with E-state index in [4.69, 9.17) is 0 Å². The van der Waals surface area contributed by atoms with Crippen molar-refractivity contribution in [2.45, 2.75) is 33.0 Å². The molecule has 32 heavy (non-hydrogen) atoms. The van der Waals surface area contributed by atoms with E-state index >= 15 is 0 Å². The molecule has 2 heterocycles. The highest BCUT2D eigenvalue weighted by Crippen LogP contribution is 2.33. The molecule has 0 unspecified atom stereocenters. The van der Waals surface area contributed by atoms with Crippen LogP contribution >= 0.6 is 0 Å². The van der Waals surface area contributed by atoms with E-state index in [1.54, 1.807) is 12.1 Å². The fourth-order valence-electron chi connectivity index (χ4n) is 3.53. The third-order valence-corrected chi connectivity index (χ3v) is 5.35. The summed E-state index contributed by atoms with van der Waals surface area (Å²) in [7, 11) is 0. The molecule has 0 saturated carbocycles. The molecule has 0 spiro atoms. The third-order valence-electron chi connectivity index (χ3n) is 5.35. The average molecular weight is 453 g/mol. The molecule has 2 aromatic rings. The molecule has 1 aliphatic rings. The van der Waals surface area contributed by atoms with Crippen molar-refractivity contribution in [1.29, 1.82) is 0 Å². The summed E-state index contributed by atoms with van der Waals surface area (Å²) in [5, 5.41) is 10.9. The third kappa shape index (κ3) is 6.38. The second-order valence-corrected chi connectivity index (χ2v) is 8.28. The van der Waals surface area contributed by atoms with Gasteiger partial charge in [-0.3, -0.25) is 9.69 Å². The summed E-state index contributed by atoms with van der Waals surface area (Å²) >= 11 is 0. The van der Waals surface area contributed by atoms with E-state index in [1.165, 1.54) is 0 Å². The van der Waals surface area contributed by atoms with Crippen LogP contribution in [0.3, 0.4) is 0 Å². The molecule has 0 atom stereocenters.